The monoisotopic (exact) mass is 379 g/mol. The molecule has 0 aliphatic carbocycles. The van der Waals surface area contributed by atoms with Crippen LogP contribution in [0.5, 0.6) is 0 Å². The summed E-state index contributed by atoms with van der Waals surface area (Å²) in [5, 5.41) is 17.1. The highest BCUT2D eigenvalue weighted by Gasteiger charge is 2.16. The maximum absolute atomic E-state index is 14.5. The van der Waals surface area contributed by atoms with Gasteiger partial charge in [0.15, 0.2) is 5.82 Å². The van der Waals surface area contributed by atoms with Crippen LogP contribution in [0.4, 0.5) is 16.0 Å². The zero-order valence-electron chi connectivity index (χ0n) is 14.0. The number of anilines is 2. The zero-order chi connectivity index (χ0) is 19.0. The molecule has 0 unspecified atom stereocenters. The molecule has 0 radical (unpaired) electrons. The van der Waals surface area contributed by atoms with Gasteiger partial charge in [-0.2, -0.15) is 10.4 Å². The molecular weight excluding hydrogens is 369 g/mol. The van der Waals surface area contributed by atoms with E-state index < -0.39 is 5.82 Å². The highest BCUT2D eigenvalue weighted by molar-refractivity contribution is 6.32. The van der Waals surface area contributed by atoms with Crippen LogP contribution in [-0.4, -0.2) is 24.7 Å². The second-order valence-corrected chi connectivity index (χ2v) is 6.16. The Morgan fingerprint density at radius 1 is 1.11 bits per heavy atom. The maximum atomic E-state index is 14.5. The van der Waals surface area contributed by atoms with E-state index in [1.807, 2.05) is 13.0 Å². The molecule has 1 aromatic carbocycles. The van der Waals surface area contributed by atoms with Crippen molar-refractivity contribution in [3.8, 4) is 11.8 Å². The predicted octanol–water partition coefficient (Wildman–Crippen LogP) is 3.93. The number of hydrogen-bond donors (Lipinski definition) is 1. The predicted molar refractivity (Wildman–Crippen MR) is 98.6 cm³/mol. The van der Waals surface area contributed by atoms with Crippen LogP contribution in [-0.2, 0) is 0 Å². The molecule has 4 rings (SSSR count). The fraction of sp³-hybridized carbons (Fsp3) is 0.0556. The Morgan fingerprint density at radius 3 is 2.67 bits per heavy atom. The molecule has 0 fully saturated rings. The number of pyridine rings is 1. The van der Waals surface area contributed by atoms with E-state index in [9.17, 15) is 4.39 Å². The molecule has 0 saturated heterocycles. The fourth-order valence-corrected chi connectivity index (χ4v) is 2.94. The van der Waals surface area contributed by atoms with Crippen molar-refractivity contribution < 1.29 is 4.39 Å². The minimum atomic E-state index is -0.637. The number of rotatable bonds is 3. The molecule has 0 aliphatic heterocycles. The first-order chi connectivity index (χ1) is 13.0. The van der Waals surface area contributed by atoms with Crippen LogP contribution in [0.15, 0.2) is 43.0 Å². The van der Waals surface area contributed by atoms with E-state index in [2.05, 4.69) is 25.4 Å². The van der Waals surface area contributed by atoms with Gasteiger partial charge in [0.2, 0.25) is 0 Å². The molecule has 9 heteroatoms. The van der Waals surface area contributed by atoms with Gasteiger partial charge >= 0.3 is 0 Å². The summed E-state index contributed by atoms with van der Waals surface area (Å²) in [5.74, 6) is 0.456. The van der Waals surface area contributed by atoms with Gasteiger partial charge in [-0.1, -0.05) is 11.6 Å². The number of aryl methyl sites for hydroxylation is 1. The van der Waals surface area contributed by atoms with Crippen LogP contribution in [0.2, 0.25) is 5.02 Å². The fourth-order valence-electron chi connectivity index (χ4n) is 2.65. The van der Waals surface area contributed by atoms with Crippen LogP contribution in [0.3, 0.4) is 0 Å². The Bertz CT molecular complexity index is 1190. The average Bonchev–Trinajstić information content (AvgIpc) is 3.04. The number of hydrogen-bond acceptors (Lipinski definition) is 6. The Morgan fingerprint density at radius 2 is 1.93 bits per heavy atom. The van der Waals surface area contributed by atoms with E-state index in [1.54, 1.807) is 24.5 Å². The highest BCUT2D eigenvalue weighted by atomic mass is 35.5. The van der Waals surface area contributed by atoms with E-state index in [4.69, 9.17) is 16.9 Å². The number of halogens is 2. The van der Waals surface area contributed by atoms with Gasteiger partial charge in [-0.3, -0.25) is 0 Å². The molecular formula is C18H11ClFN7. The number of benzene rings is 1. The highest BCUT2D eigenvalue weighted by Crippen LogP contribution is 2.29. The SMILES string of the molecule is Cc1cc(Nc2cc3c(cn2)cnn3-c2c(F)cc(C#N)cc2Cl)ncn1. The molecule has 0 atom stereocenters. The number of aromatic nitrogens is 5. The largest absolute Gasteiger partial charge is 0.325 e. The Labute approximate surface area is 158 Å². The van der Waals surface area contributed by atoms with Crippen molar-refractivity contribution >= 4 is 34.1 Å². The van der Waals surface area contributed by atoms with Gasteiger partial charge in [-0.25, -0.2) is 24.0 Å². The summed E-state index contributed by atoms with van der Waals surface area (Å²) >= 11 is 6.19. The molecule has 132 valence electrons. The summed E-state index contributed by atoms with van der Waals surface area (Å²) < 4.78 is 15.9. The van der Waals surface area contributed by atoms with Crippen molar-refractivity contribution in [3.63, 3.8) is 0 Å². The normalized spacial score (nSPS) is 10.7. The lowest BCUT2D eigenvalue weighted by atomic mass is 10.2. The van der Waals surface area contributed by atoms with Crippen LogP contribution in [0.1, 0.15) is 11.3 Å². The quantitative estimate of drug-likeness (QED) is 0.579. The minimum absolute atomic E-state index is 0.0701. The molecule has 3 aromatic heterocycles. The van der Waals surface area contributed by atoms with Crippen molar-refractivity contribution in [1.82, 2.24) is 24.7 Å². The lowest BCUT2D eigenvalue weighted by Crippen LogP contribution is -2.02. The summed E-state index contributed by atoms with van der Waals surface area (Å²) in [4.78, 5) is 12.5. The smallest absolute Gasteiger partial charge is 0.151 e. The standard InChI is InChI=1S/C18H11ClFN7/c1-10-2-16(24-9-23-10)26-17-5-15-12(7-22-17)8-25-27(15)18-13(19)3-11(6-21)4-14(18)20/h2-5,7-9H,1H3,(H,22,23,24,26). The third-order valence-electron chi connectivity index (χ3n) is 3.87. The first-order valence-corrected chi connectivity index (χ1v) is 8.22. The van der Waals surface area contributed by atoms with E-state index in [1.165, 1.54) is 17.1 Å². The number of fused-ring (bicyclic) bond motifs is 1. The summed E-state index contributed by atoms with van der Waals surface area (Å²) in [5.41, 5.74) is 1.62. The van der Waals surface area contributed by atoms with Crippen molar-refractivity contribution in [3.05, 3.63) is 65.1 Å². The van der Waals surface area contributed by atoms with Crippen LogP contribution in [0, 0.1) is 24.1 Å². The molecule has 7 nitrogen and oxygen atoms in total. The summed E-state index contributed by atoms with van der Waals surface area (Å²) in [6, 6.07) is 7.89. The van der Waals surface area contributed by atoms with E-state index in [-0.39, 0.29) is 16.3 Å². The van der Waals surface area contributed by atoms with Gasteiger partial charge in [0, 0.05) is 29.4 Å². The molecule has 4 aromatic rings. The van der Waals surface area contributed by atoms with E-state index >= 15 is 0 Å². The van der Waals surface area contributed by atoms with Gasteiger partial charge in [-0.15, -0.1) is 0 Å². The lowest BCUT2D eigenvalue weighted by molar-refractivity contribution is 0.613. The summed E-state index contributed by atoms with van der Waals surface area (Å²) in [7, 11) is 0. The summed E-state index contributed by atoms with van der Waals surface area (Å²) in [6.45, 7) is 1.86. The molecule has 3 heterocycles. The van der Waals surface area contributed by atoms with Gasteiger partial charge < -0.3 is 5.32 Å². The molecule has 27 heavy (non-hydrogen) atoms. The van der Waals surface area contributed by atoms with Gasteiger partial charge in [0.25, 0.3) is 0 Å². The summed E-state index contributed by atoms with van der Waals surface area (Å²) in [6.07, 6.45) is 4.63. The second kappa shape index (κ2) is 6.63. The Kier molecular flexibility index (Phi) is 4.14. The lowest BCUT2D eigenvalue weighted by Gasteiger charge is -2.09. The van der Waals surface area contributed by atoms with Gasteiger partial charge in [-0.05, 0) is 19.1 Å². The average molecular weight is 380 g/mol. The molecule has 0 saturated carbocycles. The van der Waals surface area contributed by atoms with E-state index in [0.29, 0.717) is 22.5 Å². The maximum Gasteiger partial charge on any atom is 0.151 e. The van der Waals surface area contributed by atoms with Crippen LogP contribution in [0.25, 0.3) is 16.6 Å². The number of nitrogens with zero attached hydrogens (tertiary/aromatic N) is 6. The zero-order valence-corrected chi connectivity index (χ0v) is 14.7. The third kappa shape index (κ3) is 3.16. The van der Waals surface area contributed by atoms with Crippen LogP contribution >= 0.6 is 11.6 Å². The first-order valence-electron chi connectivity index (χ1n) is 7.84. The second-order valence-electron chi connectivity index (χ2n) is 5.75. The van der Waals surface area contributed by atoms with Gasteiger partial charge in [0.1, 0.15) is 23.7 Å². The number of nitrogens with one attached hydrogen (secondary N) is 1. The van der Waals surface area contributed by atoms with Gasteiger partial charge in [0.05, 0.1) is 28.4 Å². The van der Waals surface area contributed by atoms with Crippen molar-refractivity contribution in [2.24, 2.45) is 0 Å². The topological polar surface area (TPSA) is 92.3 Å². The molecule has 0 amide bonds. The number of nitriles is 1. The minimum Gasteiger partial charge on any atom is -0.325 e. The third-order valence-corrected chi connectivity index (χ3v) is 4.16. The van der Waals surface area contributed by atoms with Crippen LogP contribution < -0.4 is 5.32 Å². The Hall–Kier alpha value is -3.57. The molecule has 0 aliphatic rings. The molecule has 0 spiro atoms. The molecule has 1 N–H and O–H groups in total. The van der Waals surface area contributed by atoms with E-state index in [0.717, 1.165) is 11.8 Å². The van der Waals surface area contributed by atoms with Crippen molar-refractivity contribution in [2.75, 3.05) is 5.32 Å². The molecule has 0 bridgehead atoms. The first kappa shape index (κ1) is 16.9. The van der Waals surface area contributed by atoms with Crippen molar-refractivity contribution in [2.45, 2.75) is 6.92 Å². The van der Waals surface area contributed by atoms with Crippen molar-refractivity contribution in [1.29, 1.82) is 5.26 Å². The Balaban J connectivity index is 1.81.